The minimum absolute atomic E-state index is 0.0894. The molecule has 19 heavy (non-hydrogen) atoms. The highest BCUT2D eigenvalue weighted by molar-refractivity contribution is 5.70. The van der Waals surface area contributed by atoms with Crippen molar-refractivity contribution < 1.29 is 28.6 Å². The van der Waals surface area contributed by atoms with Crippen molar-refractivity contribution in [1.29, 1.82) is 0 Å². The van der Waals surface area contributed by atoms with Gasteiger partial charge in [0, 0.05) is 25.7 Å². The summed E-state index contributed by atoms with van der Waals surface area (Å²) in [6.45, 7) is 0.398. The number of nitrogens with one attached hydrogen (secondary N) is 1. The molecule has 0 bridgehead atoms. The third-order valence-corrected chi connectivity index (χ3v) is 3.08. The Morgan fingerprint density at radius 1 is 1.32 bits per heavy atom. The van der Waals surface area contributed by atoms with Crippen LogP contribution in [0.25, 0.3) is 0 Å². The summed E-state index contributed by atoms with van der Waals surface area (Å²) in [7, 11) is 0. The number of nitrogens with zero attached hydrogens (tertiary/aromatic N) is 1. The lowest BCUT2D eigenvalue weighted by atomic mass is 9.94. The number of hydrogen-bond acceptors (Lipinski definition) is 4. The van der Waals surface area contributed by atoms with Gasteiger partial charge in [-0.05, 0) is 6.42 Å². The number of rotatable bonds is 7. The van der Waals surface area contributed by atoms with Gasteiger partial charge in [-0.25, -0.2) is 8.78 Å². The van der Waals surface area contributed by atoms with Crippen LogP contribution in [0, 0.1) is 5.92 Å². The van der Waals surface area contributed by atoms with Crippen LogP contribution in [0.1, 0.15) is 12.8 Å². The SMILES string of the molecule is O=C(O)CCN1CC(NCC(F)F)CC(C(=O)O)C1. The summed E-state index contributed by atoms with van der Waals surface area (Å²) >= 11 is 0. The van der Waals surface area contributed by atoms with Gasteiger partial charge in [0.25, 0.3) is 6.43 Å². The van der Waals surface area contributed by atoms with Gasteiger partial charge in [0.15, 0.2) is 0 Å². The molecule has 1 aliphatic heterocycles. The van der Waals surface area contributed by atoms with E-state index in [2.05, 4.69) is 5.32 Å². The number of carbonyl (C=O) groups is 2. The second kappa shape index (κ2) is 7.34. The first-order chi connectivity index (χ1) is 8.88. The smallest absolute Gasteiger partial charge is 0.307 e. The molecule has 0 amide bonds. The maximum Gasteiger partial charge on any atom is 0.307 e. The van der Waals surface area contributed by atoms with Crippen molar-refractivity contribution in [3.63, 3.8) is 0 Å². The predicted molar refractivity (Wildman–Crippen MR) is 62.2 cm³/mol. The van der Waals surface area contributed by atoms with Gasteiger partial charge >= 0.3 is 11.9 Å². The zero-order chi connectivity index (χ0) is 14.4. The molecule has 1 heterocycles. The number of piperidine rings is 1. The lowest BCUT2D eigenvalue weighted by Crippen LogP contribution is -2.52. The van der Waals surface area contributed by atoms with Gasteiger partial charge in [0.05, 0.1) is 18.9 Å². The number of halogens is 2. The molecule has 110 valence electrons. The summed E-state index contributed by atoms with van der Waals surface area (Å²) in [5.74, 6) is -2.60. The molecule has 1 aliphatic rings. The van der Waals surface area contributed by atoms with Crippen LogP contribution in [0.2, 0.25) is 0 Å². The molecular weight excluding hydrogens is 262 g/mol. The Morgan fingerprint density at radius 2 is 2.00 bits per heavy atom. The second-order valence-corrected chi connectivity index (χ2v) is 4.67. The first-order valence-electron chi connectivity index (χ1n) is 6.07. The van der Waals surface area contributed by atoms with Gasteiger partial charge in [0.2, 0.25) is 0 Å². The van der Waals surface area contributed by atoms with E-state index in [4.69, 9.17) is 10.2 Å². The summed E-state index contributed by atoms with van der Waals surface area (Å²) in [5, 5.41) is 20.2. The monoisotopic (exact) mass is 280 g/mol. The van der Waals surface area contributed by atoms with Crippen molar-refractivity contribution in [3.8, 4) is 0 Å². The standard InChI is InChI=1S/C11H18F2N2O4/c12-9(13)4-14-8-3-7(11(18)19)5-15(6-8)2-1-10(16)17/h7-9,14H,1-6H2,(H,16,17)(H,18,19). The number of likely N-dealkylation sites (tertiary alicyclic amines) is 1. The Balaban J connectivity index is 2.52. The van der Waals surface area contributed by atoms with Gasteiger partial charge in [-0.15, -0.1) is 0 Å². The van der Waals surface area contributed by atoms with Crippen LogP contribution in [0.3, 0.4) is 0 Å². The van der Waals surface area contributed by atoms with E-state index in [-0.39, 0.29) is 32.0 Å². The topological polar surface area (TPSA) is 89.9 Å². The molecule has 0 spiro atoms. The van der Waals surface area contributed by atoms with Gasteiger partial charge in [0.1, 0.15) is 0 Å². The third kappa shape index (κ3) is 5.93. The molecule has 8 heteroatoms. The highest BCUT2D eigenvalue weighted by atomic mass is 19.3. The molecule has 0 radical (unpaired) electrons. The summed E-state index contributed by atoms with van der Waals surface area (Å²) < 4.78 is 24.3. The molecule has 1 rings (SSSR count). The molecule has 0 aromatic carbocycles. The summed E-state index contributed by atoms with van der Waals surface area (Å²) in [6.07, 6.45) is -2.29. The Bertz CT molecular complexity index is 328. The minimum Gasteiger partial charge on any atom is -0.481 e. The van der Waals surface area contributed by atoms with E-state index < -0.39 is 30.8 Å². The molecule has 0 aliphatic carbocycles. The molecule has 1 fully saturated rings. The highest BCUT2D eigenvalue weighted by Gasteiger charge is 2.31. The van der Waals surface area contributed by atoms with Crippen LogP contribution in [0.4, 0.5) is 8.78 Å². The Hall–Kier alpha value is -1.28. The lowest BCUT2D eigenvalue weighted by Gasteiger charge is -2.36. The highest BCUT2D eigenvalue weighted by Crippen LogP contribution is 2.17. The fraction of sp³-hybridized carbons (Fsp3) is 0.818. The maximum atomic E-state index is 12.1. The maximum absolute atomic E-state index is 12.1. The first-order valence-corrected chi connectivity index (χ1v) is 6.07. The van der Waals surface area contributed by atoms with Crippen molar-refractivity contribution in [1.82, 2.24) is 10.2 Å². The zero-order valence-corrected chi connectivity index (χ0v) is 10.4. The van der Waals surface area contributed by atoms with Gasteiger partial charge in [-0.3, -0.25) is 9.59 Å². The Labute approximate surface area is 109 Å². The van der Waals surface area contributed by atoms with E-state index in [9.17, 15) is 18.4 Å². The van der Waals surface area contributed by atoms with E-state index in [0.29, 0.717) is 6.54 Å². The van der Waals surface area contributed by atoms with Gasteiger partial charge < -0.3 is 20.4 Å². The zero-order valence-electron chi connectivity index (χ0n) is 10.4. The molecule has 0 aromatic heterocycles. The second-order valence-electron chi connectivity index (χ2n) is 4.67. The van der Waals surface area contributed by atoms with Crippen LogP contribution in [-0.2, 0) is 9.59 Å². The van der Waals surface area contributed by atoms with Crippen LogP contribution in [0.5, 0.6) is 0 Å². The Morgan fingerprint density at radius 3 is 2.53 bits per heavy atom. The predicted octanol–water partition coefficient (Wildman–Crippen LogP) is 0.0909. The number of carboxylic acid groups (broad SMARTS) is 2. The van der Waals surface area contributed by atoms with Crippen molar-refractivity contribution in [2.45, 2.75) is 25.3 Å². The van der Waals surface area contributed by atoms with E-state index >= 15 is 0 Å². The number of carboxylic acids is 2. The van der Waals surface area contributed by atoms with E-state index in [1.807, 2.05) is 0 Å². The summed E-state index contributed by atoms with van der Waals surface area (Å²) in [6, 6.07) is -0.349. The van der Waals surface area contributed by atoms with Gasteiger partial charge in [-0.2, -0.15) is 0 Å². The third-order valence-electron chi connectivity index (χ3n) is 3.08. The lowest BCUT2D eigenvalue weighted by molar-refractivity contribution is -0.144. The molecule has 0 saturated carbocycles. The molecule has 1 saturated heterocycles. The fourth-order valence-electron chi connectivity index (χ4n) is 2.21. The number of alkyl halides is 2. The molecule has 0 aromatic rings. The van der Waals surface area contributed by atoms with E-state index in [0.717, 1.165) is 0 Å². The summed E-state index contributed by atoms with van der Waals surface area (Å²) in [4.78, 5) is 23.2. The molecule has 2 atom stereocenters. The molecule has 2 unspecified atom stereocenters. The fourth-order valence-corrected chi connectivity index (χ4v) is 2.21. The van der Waals surface area contributed by atoms with E-state index in [1.54, 1.807) is 4.90 Å². The Kier molecular flexibility index (Phi) is 6.10. The van der Waals surface area contributed by atoms with Crippen LogP contribution in [0.15, 0.2) is 0 Å². The van der Waals surface area contributed by atoms with Crippen molar-refractivity contribution in [3.05, 3.63) is 0 Å². The number of hydrogen-bond donors (Lipinski definition) is 3. The van der Waals surface area contributed by atoms with Crippen molar-refractivity contribution >= 4 is 11.9 Å². The van der Waals surface area contributed by atoms with Crippen LogP contribution >= 0.6 is 0 Å². The number of aliphatic carboxylic acids is 2. The average Bonchev–Trinajstić information content (AvgIpc) is 2.33. The summed E-state index contributed by atoms with van der Waals surface area (Å²) in [5.41, 5.74) is 0. The average molecular weight is 280 g/mol. The van der Waals surface area contributed by atoms with Crippen molar-refractivity contribution in [2.75, 3.05) is 26.2 Å². The van der Waals surface area contributed by atoms with Crippen molar-refractivity contribution in [2.24, 2.45) is 5.92 Å². The minimum atomic E-state index is -2.49. The normalized spacial score (nSPS) is 24.6. The van der Waals surface area contributed by atoms with Crippen LogP contribution in [-0.4, -0.2) is 65.7 Å². The molecular formula is C11H18F2N2O4. The van der Waals surface area contributed by atoms with Crippen LogP contribution < -0.4 is 5.32 Å². The first kappa shape index (κ1) is 15.8. The molecule has 3 N–H and O–H groups in total. The van der Waals surface area contributed by atoms with E-state index in [1.165, 1.54) is 0 Å². The molecule has 6 nitrogen and oxygen atoms in total. The quantitative estimate of drug-likeness (QED) is 0.612. The largest absolute Gasteiger partial charge is 0.481 e. The van der Waals surface area contributed by atoms with Gasteiger partial charge in [-0.1, -0.05) is 0 Å².